The summed E-state index contributed by atoms with van der Waals surface area (Å²) in [6.45, 7) is 1.86. The smallest absolute Gasteiger partial charge is 0.195 e. The second kappa shape index (κ2) is 6.45. The van der Waals surface area contributed by atoms with Crippen molar-refractivity contribution in [1.29, 1.82) is 0 Å². The average molecular weight is 333 g/mol. The fourth-order valence-corrected chi connectivity index (χ4v) is 2.01. The third kappa shape index (κ3) is 2.95. The number of halogens is 1. The van der Waals surface area contributed by atoms with Crippen LogP contribution in [-0.4, -0.2) is 16.8 Å². The van der Waals surface area contributed by atoms with Crippen molar-refractivity contribution in [1.82, 2.24) is 5.48 Å². The molecule has 0 aliphatic carbocycles. The molecule has 0 unspecified atom stereocenters. The van der Waals surface area contributed by atoms with Crippen LogP contribution in [0.2, 0.25) is 0 Å². The van der Waals surface area contributed by atoms with Crippen LogP contribution in [0.3, 0.4) is 0 Å². The van der Waals surface area contributed by atoms with Gasteiger partial charge in [0.1, 0.15) is 0 Å². The fraction of sp³-hybridized carbons (Fsp3) is 0.0667. The Morgan fingerprint density at radius 3 is 2.65 bits per heavy atom. The maximum absolute atomic E-state index is 12.5. The SMILES string of the molecule is C/C=C(Br)\C=C1\C(C(=O)c2ccccc2)=CN=C1NO. The molecular weight excluding hydrogens is 320 g/mol. The summed E-state index contributed by atoms with van der Waals surface area (Å²) in [5.41, 5.74) is 3.57. The van der Waals surface area contributed by atoms with E-state index in [1.807, 2.05) is 24.5 Å². The summed E-state index contributed by atoms with van der Waals surface area (Å²) in [5.74, 6) is 0.116. The molecule has 0 fully saturated rings. The monoisotopic (exact) mass is 332 g/mol. The first kappa shape index (κ1) is 14.4. The second-order valence-electron chi connectivity index (χ2n) is 4.06. The molecule has 2 rings (SSSR count). The van der Waals surface area contributed by atoms with Gasteiger partial charge in [0.15, 0.2) is 11.6 Å². The highest BCUT2D eigenvalue weighted by molar-refractivity contribution is 9.11. The summed E-state index contributed by atoms with van der Waals surface area (Å²) in [6.07, 6.45) is 5.03. The maximum Gasteiger partial charge on any atom is 0.195 e. The van der Waals surface area contributed by atoms with Gasteiger partial charge in [-0.25, -0.2) is 4.99 Å². The summed E-state index contributed by atoms with van der Waals surface area (Å²) in [7, 11) is 0. The number of benzene rings is 1. The minimum absolute atomic E-state index is 0.137. The number of carbonyl (C=O) groups is 1. The van der Waals surface area contributed by atoms with Gasteiger partial charge in [0, 0.05) is 21.8 Å². The summed E-state index contributed by atoms with van der Waals surface area (Å²) in [5, 5.41) is 9.09. The summed E-state index contributed by atoms with van der Waals surface area (Å²) >= 11 is 3.36. The van der Waals surface area contributed by atoms with Gasteiger partial charge in [-0.05, 0) is 13.0 Å². The van der Waals surface area contributed by atoms with Crippen LogP contribution in [0.5, 0.6) is 0 Å². The molecule has 0 atom stereocenters. The highest BCUT2D eigenvalue weighted by Crippen LogP contribution is 2.25. The summed E-state index contributed by atoms with van der Waals surface area (Å²) in [6, 6.07) is 8.95. The lowest BCUT2D eigenvalue weighted by Crippen LogP contribution is -2.21. The summed E-state index contributed by atoms with van der Waals surface area (Å²) in [4.78, 5) is 16.5. The normalized spacial score (nSPS) is 16.9. The minimum atomic E-state index is -0.137. The molecule has 0 spiro atoms. The van der Waals surface area contributed by atoms with E-state index in [0.29, 0.717) is 16.7 Å². The molecule has 5 heteroatoms. The zero-order valence-corrected chi connectivity index (χ0v) is 12.4. The number of hydrogen-bond acceptors (Lipinski definition) is 4. The number of aliphatic imine (C=N–C) groups is 1. The zero-order valence-electron chi connectivity index (χ0n) is 10.8. The minimum Gasteiger partial charge on any atom is -0.290 e. The molecule has 0 saturated carbocycles. The highest BCUT2D eigenvalue weighted by Gasteiger charge is 2.24. The van der Waals surface area contributed by atoms with E-state index in [-0.39, 0.29) is 11.6 Å². The number of hydroxylamine groups is 1. The number of hydrogen-bond donors (Lipinski definition) is 2. The van der Waals surface area contributed by atoms with E-state index in [1.165, 1.54) is 6.20 Å². The first-order valence-electron chi connectivity index (χ1n) is 5.99. The predicted octanol–water partition coefficient (Wildman–Crippen LogP) is 3.37. The van der Waals surface area contributed by atoms with Crippen LogP contribution >= 0.6 is 15.9 Å². The molecule has 0 bridgehead atoms. The van der Waals surface area contributed by atoms with Gasteiger partial charge in [-0.15, -0.1) is 0 Å². The number of carbonyl (C=O) groups excluding carboxylic acids is 1. The number of allylic oxidation sites excluding steroid dienone is 3. The fourth-order valence-electron chi connectivity index (χ4n) is 1.78. The van der Waals surface area contributed by atoms with Gasteiger partial charge < -0.3 is 0 Å². The Kier molecular flexibility index (Phi) is 4.65. The van der Waals surface area contributed by atoms with Crippen molar-refractivity contribution in [3.8, 4) is 0 Å². The van der Waals surface area contributed by atoms with Crippen molar-refractivity contribution < 1.29 is 10.0 Å². The maximum atomic E-state index is 12.5. The Bertz CT molecular complexity index is 643. The summed E-state index contributed by atoms with van der Waals surface area (Å²) < 4.78 is 0.795. The van der Waals surface area contributed by atoms with Crippen LogP contribution < -0.4 is 5.48 Å². The molecule has 0 aromatic heterocycles. The Labute approximate surface area is 125 Å². The Morgan fingerprint density at radius 2 is 2.05 bits per heavy atom. The van der Waals surface area contributed by atoms with Crippen molar-refractivity contribution in [2.24, 2.45) is 4.99 Å². The molecule has 2 N–H and O–H groups in total. The van der Waals surface area contributed by atoms with Crippen LogP contribution in [0.1, 0.15) is 17.3 Å². The van der Waals surface area contributed by atoms with E-state index in [2.05, 4.69) is 20.9 Å². The Morgan fingerprint density at radius 1 is 1.35 bits per heavy atom. The molecule has 1 aliphatic heterocycles. The number of nitrogens with one attached hydrogen (secondary N) is 1. The molecule has 20 heavy (non-hydrogen) atoms. The lowest BCUT2D eigenvalue weighted by atomic mass is 9.98. The van der Waals surface area contributed by atoms with E-state index < -0.39 is 0 Å². The average Bonchev–Trinajstić information content (AvgIpc) is 2.89. The molecular formula is C15H13BrN2O2. The van der Waals surface area contributed by atoms with E-state index in [9.17, 15) is 4.79 Å². The van der Waals surface area contributed by atoms with Crippen LogP contribution in [0.4, 0.5) is 0 Å². The van der Waals surface area contributed by atoms with E-state index in [0.717, 1.165) is 4.48 Å². The molecule has 1 heterocycles. The standard InChI is InChI=1S/C15H13BrN2O2/c1-2-11(16)8-12-13(9-17-15(12)18-20)14(19)10-6-4-3-5-7-10/h2-9,20H,1H3,(H,17,18)/b11-2+,12-8-. The third-order valence-corrected chi connectivity index (χ3v) is 3.50. The number of amidine groups is 1. The zero-order chi connectivity index (χ0) is 14.5. The molecule has 1 aromatic rings. The van der Waals surface area contributed by atoms with Crippen molar-refractivity contribution in [3.63, 3.8) is 0 Å². The van der Waals surface area contributed by atoms with Gasteiger partial charge in [0.2, 0.25) is 0 Å². The van der Waals surface area contributed by atoms with E-state index in [1.54, 1.807) is 30.3 Å². The van der Waals surface area contributed by atoms with Crippen LogP contribution in [0.15, 0.2) is 69.3 Å². The lowest BCUT2D eigenvalue weighted by molar-refractivity contribution is 0.103. The van der Waals surface area contributed by atoms with Gasteiger partial charge in [0.25, 0.3) is 0 Å². The largest absolute Gasteiger partial charge is 0.290 e. The van der Waals surface area contributed by atoms with Crippen LogP contribution in [0.25, 0.3) is 0 Å². The van der Waals surface area contributed by atoms with Gasteiger partial charge in [-0.2, -0.15) is 0 Å². The topological polar surface area (TPSA) is 61.7 Å². The molecule has 102 valence electrons. The predicted molar refractivity (Wildman–Crippen MR) is 82.0 cm³/mol. The number of rotatable bonds is 3. The van der Waals surface area contributed by atoms with Crippen LogP contribution in [-0.2, 0) is 0 Å². The molecule has 0 amide bonds. The molecule has 0 saturated heterocycles. The van der Waals surface area contributed by atoms with Crippen molar-refractivity contribution >= 4 is 27.5 Å². The third-order valence-electron chi connectivity index (χ3n) is 2.81. The van der Waals surface area contributed by atoms with Gasteiger partial charge >= 0.3 is 0 Å². The quantitative estimate of drug-likeness (QED) is 0.659. The van der Waals surface area contributed by atoms with Crippen molar-refractivity contribution in [2.75, 3.05) is 0 Å². The van der Waals surface area contributed by atoms with E-state index >= 15 is 0 Å². The number of nitrogens with zero attached hydrogens (tertiary/aromatic N) is 1. The van der Waals surface area contributed by atoms with Crippen molar-refractivity contribution in [2.45, 2.75) is 6.92 Å². The molecule has 0 radical (unpaired) electrons. The Balaban J connectivity index is 2.38. The van der Waals surface area contributed by atoms with Crippen LogP contribution in [0, 0.1) is 0 Å². The molecule has 1 aromatic carbocycles. The van der Waals surface area contributed by atoms with Gasteiger partial charge in [-0.3, -0.25) is 15.5 Å². The molecule has 4 nitrogen and oxygen atoms in total. The first-order chi connectivity index (χ1) is 9.67. The van der Waals surface area contributed by atoms with Gasteiger partial charge in [-0.1, -0.05) is 52.3 Å². The lowest BCUT2D eigenvalue weighted by Gasteiger charge is -2.07. The number of Topliss-reactive ketones (excluding diaryl/α,β-unsaturated/α-hetero) is 1. The first-order valence-corrected chi connectivity index (χ1v) is 6.78. The van der Waals surface area contributed by atoms with E-state index in [4.69, 9.17) is 5.21 Å². The second-order valence-corrected chi connectivity index (χ2v) is 4.97. The van der Waals surface area contributed by atoms with Gasteiger partial charge in [0.05, 0.1) is 5.57 Å². The highest BCUT2D eigenvalue weighted by atomic mass is 79.9. The number of ketones is 1. The molecule has 1 aliphatic rings. The Hall–Kier alpha value is -1.98. The van der Waals surface area contributed by atoms with Crippen molar-refractivity contribution in [3.05, 3.63) is 69.9 Å².